The van der Waals surface area contributed by atoms with E-state index in [4.69, 9.17) is 4.74 Å². The van der Waals surface area contributed by atoms with E-state index < -0.39 is 10.0 Å². The maximum absolute atomic E-state index is 12.5. The van der Waals surface area contributed by atoms with Gasteiger partial charge >= 0.3 is 0 Å². The highest BCUT2D eigenvalue weighted by Crippen LogP contribution is 2.19. The van der Waals surface area contributed by atoms with Crippen LogP contribution >= 0.6 is 0 Å². The first-order valence-corrected chi connectivity index (χ1v) is 11.8. The van der Waals surface area contributed by atoms with E-state index in [2.05, 4.69) is 4.72 Å². The Morgan fingerprint density at radius 1 is 1.16 bits per heavy atom. The number of hydrogen-bond donors (Lipinski definition) is 1. The highest BCUT2D eigenvalue weighted by atomic mass is 32.2. The third kappa shape index (κ3) is 5.95. The number of carbonyl (C=O) groups is 1. The Morgan fingerprint density at radius 3 is 2.52 bits per heavy atom. The van der Waals surface area contributed by atoms with Crippen molar-refractivity contribution in [3.63, 3.8) is 0 Å². The SMILES string of the molecule is Cc1cccc(S(=O)(=O)NCCC(=O)N2CCC(Oc3cc(C)n(C)c(=O)c3)CC2)c1. The summed E-state index contributed by atoms with van der Waals surface area (Å²) in [5.74, 6) is 0.464. The Morgan fingerprint density at radius 2 is 1.87 bits per heavy atom. The quantitative estimate of drug-likeness (QED) is 0.697. The maximum atomic E-state index is 12.5. The highest BCUT2D eigenvalue weighted by molar-refractivity contribution is 7.89. The average molecular weight is 448 g/mol. The van der Waals surface area contributed by atoms with Crippen LogP contribution in [0.2, 0.25) is 0 Å². The molecule has 0 bridgehead atoms. The zero-order valence-electron chi connectivity index (χ0n) is 18.1. The first-order chi connectivity index (χ1) is 14.7. The van der Waals surface area contributed by atoms with Crippen LogP contribution in [0, 0.1) is 13.8 Å². The smallest absolute Gasteiger partial charge is 0.254 e. The molecule has 9 heteroatoms. The molecule has 8 nitrogen and oxygen atoms in total. The maximum Gasteiger partial charge on any atom is 0.254 e. The lowest BCUT2D eigenvalue weighted by molar-refractivity contribution is -0.132. The summed E-state index contributed by atoms with van der Waals surface area (Å²) in [5, 5.41) is 0. The number of amides is 1. The molecule has 31 heavy (non-hydrogen) atoms. The zero-order chi connectivity index (χ0) is 22.6. The fourth-order valence-corrected chi connectivity index (χ4v) is 4.67. The molecule has 1 aromatic heterocycles. The highest BCUT2D eigenvalue weighted by Gasteiger charge is 2.24. The molecule has 0 spiro atoms. The summed E-state index contributed by atoms with van der Waals surface area (Å²) in [6.45, 7) is 4.81. The van der Waals surface area contributed by atoms with Gasteiger partial charge in [0.15, 0.2) is 0 Å². The number of aryl methyl sites for hydroxylation is 2. The lowest BCUT2D eigenvalue weighted by atomic mass is 10.1. The third-order valence-electron chi connectivity index (χ3n) is 5.50. The predicted octanol–water partition coefficient (Wildman–Crippen LogP) is 1.74. The minimum absolute atomic E-state index is 0.0537. The molecule has 2 aromatic rings. The minimum atomic E-state index is -3.63. The van der Waals surface area contributed by atoms with Crippen molar-refractivity contribution in [2.24, 2.45) is 7.05 Å². The monoisotopic (exact) mass is 447 g/mol. The second kappa shape index (κ2) is 9.65. The minimum Gasteiger partial charge on any atom is -0.490 e. The second-order valence-electron chi connectivity index (χ2n) is 7.89. The fourth-order valence-electron chi connectivity index (χ4n) is 3.54. The number of likely N-dealkylation sites (tertiary alicyclic amines) is 1. The van der Waals surface area contributed by atoms with Crippen molar-refractivity contribution in [3.05, 3.63) is 58.0 Å². The Labute approximate surface area is 182 Å². The van der Waals surface area contributed by atoms with Crippen LogP contribution in [-0.4, -0.2) is 49.5 Å². The molecule has 2 heterocycles. The molecule has 0 atom stereocenters. The van der Waals surface area contributed by atoms with E-state index in [9.17, 15) is 18.0 Å². The van der Waals surface area contributed by atoms with Crippen LogP contribution in [0.3, 0.4) is 0 Å². The molecule has 1 saturated heterocycles. The predicted molar refractivity (Wildman–Crippen MR) is 118 cm³/mol. The molecule has 168 valence electrons. The van der Waals surface area contributed by atoms with Gasteiger partial charge in [0.1, 0.15) is 11.9 Å². The summed E-state index contributed by atoms with van der Waals surface area (Å²) in [6.07, 6.45) is 1.37. The van der Waals surface area contributed by atoms with Gasteiger partial charge in [0.25, 0.3) is 5.56 Å². The Balaban J connectivity index is 1.45. The topological polar surface area (TPSA) is 97.7 Å². The van der Waals surface area contributed by atoms with Crippen LogP contribution in [0.25, 0.3) is 0 Å². The van der Waals surface area contributed by atoms with Crippen LogP contribution in [0.1, 0.15) is 30.5 Å². The van der Waals surface area contributed by atoms with Gasteiger partial charge in [-0.15, -0.1) is 0 Å². The summed E-state index contributed by atoms with van der Waals surface area (Å²) in [4.78, 5) is 26.3. The first-order valence-electron chi connectivity index (χ1n) is 10.3. The normalized spacial score (nSPS) is 15.1. The molecule has 0 saturated carbocycles. The van der Waals surface area contributed by atoms with Gasteiger partial charge in [-0.1, -0.05) is 12.1 Å². The molecule has 1 aliphatic rings. The van der Waals surface area contributed by atoms with Crippen molar-refractivity contribution in [2.45, 2.75) is 44.1 Å². The van der Waals surface area contributed by atoms with E-state index in [1.54, 1.807) is 28.6 Å². The molecule has 0 radical (unpaired) electrons. The van der Waals surface area contributed by atoms with Gasteiger partial charge in [0.2, 0.25) is 15.9 Å². The fraction of sp³-hybridized carbons (Fsp3) is 0.455. The van der Waals surface area contributed by atoms with Gasteiger partial charge in [-0.05, 0) is 37.6 Å². The number of carbonyl (C=O) groups excluding carboxylic acids is 1. The lowest BCUT2D eigenvalue weighted by Gasteiger charge is -2.32. The number of hydrogen-bond acceptors (Lipinski definition) is 5. The van der Waals surface area contributed by atoms with Gasteiger partial charge < -0.3 is 14.2 Å². The number of pyridine rings is 1. The number of aromatic nitrogens is 1. The molecular formula is C22H29N3O5S. The van der Waals surface area contributed by atoms with Crippen molar-refractivity contribution in [1.29, 1.82) is 0 Å². The van der Waals surface area contributed by atoms with E-state index in [0.29, 0.717) is 31.7 Å². The number of rotatable bonds is 7. The zero-order valence-corrected chi connectivity index (χ0v) is 18.9. The number of piperidine rings is 1. The van der Waals surface area contributed by atoms with Gasteiger partial charge in [0, 0.05) is 57.7 Å². The summed E-state index contributed by atoms with van der Waals surface area (Å²) < 4.78 is 34.7. The van der Waals surface area contributed by atoms with Gasteiger partial charge in [-0.2, -0.15) is 0 Å². The van der Waals surface area contributed by atoms with Crippen LogP contribution in [0.4, 0.5) is 0 Å². The van der Waals surface area contributed by atoms with Gasteiger partial charge in [0.05, 0.1) is 4.90 Å². The largest absolute Gasteiger partial charge is 0.490 e. The molecule has 1 fully saturated rings. The van der Waals surface area contributed by atoms with Gasteiger partial charge in [-0.25, -0.2) is 13.1 Å². The Bertz CT molecular complexity index is 1100. The van der Waals surface area contributed by atoms with Crippen molar-refractivity contribution in [3.8, 4) is 5.75 Å². The van der Waals surface area contributed by atoms with E-state index >= 15 is 0 Å². The summed E-state index contributed by atoms with van der Waals surface area (Å²) >= 11 is 0. The Hall–Kier alpha value is -2.65. The molecule has 0 unspecified atom stereocenters. The van der Waals surface area contributed by atoms with E-state index in [-0.39, 0.29) is 35.4 Å². The van der Waals surface area contributed by atoms with E-state index in [1.807, 2.05) is 26.0 Å². The summed E-state index contributed by atoms with van der Waals surface area (Å²) in [6, 6.07) is 9.96. The molecule has 3 rings (SSSR count). The second-order valence-corrected chi connectivity index (χ2v) is 9.66. The molecule has 1 aromatic carbocycles. The van der Waals surface area contributed by atoms with Crippen molar-refractivity contribution < 1.29 is 17.9 Å². The lowest BCUT2D eigenvalue weighted by Crippen LogP contribution is -2.42. The third-order valence-corrected chi connectivity index (χ3v) is 6.96. The van der Waals surface area contributed by atoms with Crippen LogP contribution in [0.5, 0.6) is 5.75 Å². The van der Waals surface area contributed by atoms with E-state index in [0.717, 1.165) is 11.3 Å². The van der Waals surface area contributed by atoms with Crippen molar-refractivity contribution in [2.75, 3.05) is 19.6 Å². The summed E-state index contributed by atoms with van der Waals surface area (Å²) in [5.41, 5.74) is 1.56. The van der Waals surface area contributed by atoms with Gasteiger partial charge in [-0.3, -0.25) is 9.59 Å². The number of nitrogens with one attached hydrogen (secondary N) is 1. The van der Waals surface area contributed by atoms with E-state index in [1.165, 1.54) is 12.1 Å². The number of benzene rings is 1. The molecule has 1 amide bonds. The summed E-state index contributed by atoms with van der Waals surface area (Å²) in [7, 11) is -1.92. The standard InChI is InChI=1S/C22H29N3O5S/c1-16-5-4-6-20(13-16)31(28,29)23-10-7-21(26)25-11-8-18(9-12-25)30-19-14-17(2)24(3)22(27)15-19/h4-6,13-15,18,23H,7-12H2,1-3H3. The van der Waals surface area contributed by atoms with Crippen LogP contribution in [0.15, 0.2) is 46.1 Å². The van der Waals surface area contributed by atoms with Crippen molar-refractivity contribution in [1.82, 2.24) is 14.2 Å². The molecule has 1 N–H and O–H groups in total. The van der Waals surface area contributed by atoms with Crippen LogP contribution < -0.4 is 15.0 Å². The Kier molecular flexibility index (Phi) is 7.17. The first kappa shape index (κ1) is 23.0. The number of nitrogens with zero attached hydrogens (tertiary/aromatic N) is 2. The average Bonchev–Trinajstić information content (AvgIpc) is 2.72. The number of ether oxygens (including phenoxy) is 1. The molecule has 0 aliphatic carbocycles. The molecular weight excluding hydrogens is 418 g/mol. The molecule has 1 aliphatic heterocycles. The van der Waals surface area contributed by atoms with Crippen LogP contribution in [-0.2, 0) is 21.9 Å². The number of sulfonamides is 1. The van der Waals surface area contributed by atoms with Crippen molar-refractivity contribution >= 4 is 15.9 Å².